The van der Waals surface area contributed by atoms with E-state index < -0.39 is 11.9 Å². The number of carbonyl (C=O) groups excluding carboxylic acids is 1. The highest BCUT2D eigenvalue weighted by atomic mass is 16.4. The molecule has 0 aliphatic rings. The third kappa shape index (κ3) is 3.28. The lowest BCUT2D eigenvalue weighted by Crippen LogP contribution is -2.27. The van der Waals surface area contributed by atoms with Crippen molar-refractivity contribution in [2.75, 3.05) is 0 Å². The van der Waals surface area contributed by atoms with Crippen molar-refractivity contribution in [3.05, 3.63) is 52.3 Å². The second-order valence-electron chi connectivity index (χ2n) is 5.03. The van der Waals surface area contributed by atoms with E-state index in [4.69, 9.17) is 5.11 Å². The number of amides is 1. The molecule has 0 saturated carbocycles. The zero-order valence-electron chi connectivity index (χ0n) is 12.1. The number of aromatic amines is 1. The highest BCUT2D eigenvalue weighted by Crippen LogP contribution is 2.19. The second-order valence-corrected chi connectivity index (χ2v) is 5.03. The Morgan fingerprint density at radius 2 is 2.00 bits per heavy atom. The van der Waals surface area contributed by atoms with Crippen LogP contribution in [0.4, 0.5) is 0 Å². The molecule has 2 rings (SSSR count). The molecule has 1 aromatic heterocycles. The molecular formula is C15H17N3O3. The van der Waals surface area contributed by atoms with Crippen molar-refractivity contribution in [2.45, 2.75) is 26.8 Å². The first-order valence-corrected chi connectivity index (χ1v) is 6.55. The molecule has 6 nitrogen and oxygen atoms in total. The van der Waals surface area contributed by atoms with Crippen LogP contribution < -0.4 is 5.32 Å². The summed E-state index contributed by atoms with van der Waals surface area (Å²) in [6.07, 6.45) is 0. The van der Waals surface area contributed by atoms with Crippen molar-refractivity contribution in [2.24, 2.45) is 0 Å². The average Bonchev–Trinajstić information content (AvgIpc) is 2.88. The Balaban J connectivity index is 2.12. The van der Waals surface area contributed by atoms with E-state index in [1.807, 2.05) is 32.9 Å². The van der Waals surface area contributed by atoms with Crippen molar-refractivity contribution in [3.63, 3.8) is 0 Å². The van der Waals surface area contributed by atoms with Crippen LogP contribution in [0.25, 0.3) is 0 Å². The molecule has 0 aliphatic carbocycles. The van der Waals surface area contributed by atoms with Gasteiger partial charge >= 0.3 is 5.97 Å². The van der Waals surface area contributed by atoms with Crippen LogP contribution >= 0.6 is 0 Å². The van der Waals surface area contributed by atoms with E-state index in [1.165, 1.54) is 6.07 Å². The number of aromatic nitrogens is 2. The number of nitrogens with zero attached hydrogens (tertiary/aromatic N) is 1. The number of benzene rings is 1. The molecule has 3 N–H and O–H groups in total. The minimum Gasteiger partial charge on any atom is -0.477 e. The third-order valence-electron chi connectivity index (χ3n) is 3.28. The molecule has 6 heteroatoms. The first-order chi connectivity index (χ1) is 9.88. The zero-order valence-corrected chi connectivity index (χ0v) is 12.1. The van der Waals surface area contributed by atoms with Crippen LogP contribution in [0.2, 0.25) is 0 Å². The van der Waals surface area contributed by atoms with Crippen LogP contribution in [0.5, 0.6) is 0 Å². The Kier molecular flexibility index (Phi) is 4.07. The summed E-state index contributed by atoms with van der Waals surface area (Å²) < 4.78 is 0. The minimum atomic E-state index is -1.15. The van der Waals surface area contributed by atoms with Gasteiger partial charge in [0.05, 0.1) is 6.04 Å². The van der Waals surface area contributed by atoms with Gasteiger partial charge in [-0.15, -0.1) is 0 Å². The highest BCUT2D eigenvalue weighted by molar-refractivity contribution is 5.95. The lowest BCUT2D eigenvalue weighted by molar-refractivity contribution is 0.0690. The Morgan fingerprint density at radius 1 is 1.29 bits per heavy atom. The summed E-state index contributed by atoms with van der Waals surface area (Å²) in [5.41, 5.74) is 3.22. The number of rotatable bonds is 4. The smallest absolute Gasteiger partial charge is 0.353 e. The first kappa shape index (κ1) is 14.8. The Labute approximate surface area is 122 Å². The number of hydrogen-bond donors (Lipinski definition) is 3. The van der Waals surface area contributed by atoms with Gasteiger partial charge in [-0.3, -0.25) is 9.89 Å². The van der Waals surface area contributed by atoms with Crippen LogP contribution in [0, 0.1) is 13.8 Å². The largest absolute Gasteiger partial charge is 0.477 e. The summed E-state index contributed by atoms with van der Waals surface area (Å²) in [5.74, 6) is -1.56. The van der Waals surface area contributed by atoms with Crippen LogP contribution in [0.15, 0.2) is 24.3 Å². The van der Waals surface area contributed by atoms with E-state index in [0.29, 0.717) is 0 Å². The SMILES string of the molecule is Cc1ccc(C(C)NC(=O)c2cc(C(=O)O)[nH]n2)c(C)c1. The number of H-pyrrole nitrogens is 1. The van der Waals surface area contributed by atoms with Gasteiger partial charge in [-0.05, 0) is 31.9 Å². The normalized spacial score (nSPS) is 12.0. The first-order valence-electron chi connectivity index (χ1n) is 6.55. The molecular weight excluding hydrogens is 270 g/mol. The second kappa shape index (κ2) is 5.78. The summed E-state index contributed by atoms with van der Waals surface area (Å²) in [4.78, 5) is 22.8. The van der Waals surface area contributed by atoms with Gasteiger partial charge < -0.3 is 10.4 Å². The molecule has 1 atom stereocenters. The lowest BCUT2D eigenvalue weighted by Gasteiger charge is -2.16. The molecule has 1 aromatic carbocycles. The number of hydrogen-bond acceptors (Lipinski definition) is 3. The maximum absolute atomic E-state index is 12.1. The molecule has 0 spiro atoms. The van der Waals surface area contributed by atoms with E-state index in [0.717, 1.165) is 16.7 Å². The summed E-state index contributed by atoms with van der Waals surface area (Å²) in [5, 5.41) is 17.6. The average molecular weight is 287 g/mol. The third-order valence-corrected chi connectivity index (χ3v) is 3.28. The maximum Gasteiger partial charge on any atom is 0.353 e. The molecule has 0 saturated heterocycles. The van der Waals surface area contributed by atoms with Gasteiger partial charge in [0, 0.05) is 6.07 Å². The minimum absolute atomic E-state index is 0.0593. The van der Waals surface area contributed by atoms with E-state index >= 15 is 0 Å². The maximum atomic E-state index is 12.1. The predicted molar refractivity (Wildman–Crippen MR) is 77.3 cm³/mol. The Bertz CT molecular complexity index is 691. The van der Waals surface area contributed by atoms with Crippen molar-refractivity contribution in [1.29, 1.82) is 0 Å². The van der Waals surface area contributed by atoms with Crippen molar-refractivity contribution in [1.82, 2.24) is 15.5 Å². The number of aryl methyl sites for hydroxylation is 2. The van der Waals surface area contributed by atoms with E-state index in [9.17, 15) is 9.59 Å². The quantitative estimate of drug-likeness (QED) is 0.803. The summed E-state index contributed by atoms with van der Waals surface area (Å²) in [7, 11) is 0. The van der Waals surface area contributed by atoms with Crippen LogP contribution in [0.3, 0.4) is 0 Å². The van der Waals surface area contributed by atoms with Gasteiger partial charge in [0.2, 0.25) is 0 Å². The van der Waals surface area contributed by atoms with E-state index in [-0.39, 0.29) is 17.4 Å². The summed E-state index contributed by atoms with van der Waals surface area (Å²) in [6.45, 7) is 5.87. The van der Waals surface area contributed by atoms with Gasteiger partial charge in [0.1, 0.15) is 5.69 Å². The number of nitrogens with one attached hydrogen (secondary N) is 2. The van der Waals surface area contributed by atoms with Gasteiger partial charge in [-0.2, -0.15) is 5.10 Å². The molecule has 0 fully saturated rings. The molecule has 0 aliphatic heterocycles. The van der Waals surface area contributed by atoms with Crippen LogP contribution in [0.1, 0.15) is 50.6 Å². The van der Waals surface area contributed by atoms with Gasteiger partial charge in [-0.1, -0.05) is 23.8 Å². The number of carboxylic acid groups (broad SMARTS) is 1. The molecule has 1 heterocycles. The molecule has 0 radical (unpaired) electrons. The number of carboxylic acids is 1. The summed E-state index contributed by atoms with van der Waals surface area (Å²) >= 11 is 0. The molecule has 0 bridgehead atoms. The van der Waals surface area contributed by atoms with Crippen LogP contribution in [-0.4, -0.2) is 27.2 Å². The topological polar surface area (TPSA) is 95.1 Å². The van der Waals surface area contributed by atoms with E-state index in [2.05, 4.69) is 21.6 Å². The number of aromatic carboxylic acids is 1. The van der Waals surface area contributed by atoms with Crippen molar-refractivity contribution < 1.29 is 14.7 Å². The fourth-order valence-electron chi connectivity index (χ4n) is 2.21. The predicted octanol–water partition coefficient (Wildman–Crippen LogP) is 2.22. The lowest BCUT2D eigenvalue weighted by atomic mass is 10.0. The molecule has 2 aromatic rings. The van der Waals surface area contributed by atoms with Crippen LogP contribution in [-0.2, 0) is 0 Å². The monoisotopic (exact) mass is 287 g/mol. The highest BCUT2D eigenvalue weighted by Gasteiger charge is 2.17. The zero-order chi connectivity index (χ0) is 15.6. The molecule has 1 unspecified atom stereocenters. The van der Waals surface area contributed by atoms with Crippen molar-refractivity contribution >= 4 is 11.9 Å². The van der Waals surface area contributed by atoms with Gasteiger partial charge in [0.25, 0.3) is 5.91 Å². The summed E-state index contributed by atoms with van der Waals surface area (Å²) in [6, 6.07) is 7.04. The molecule has 1 amide bonds. The van der Waals surface area contributed by atoms with Crippen molar-refractivity contribution in [3.8, 4) is 0 Å². The Morgan fingerprint density at radius 3 is 2.57 bits per heavy atom. The Hall–Kier alpha value is -2.63. The van der Waals surface area contributed by atoms with Gasteiger partial charge in [-0.25, -0.2) is 4.79 Å². The fraction of sp³-hybridized carbons (Fsp3) is 0.267. The molecule has 110 valence electrons. The standard InChI is InChI=1S/C15H17N3O3/c1-8-4-5-11(9(2)6-8)10(3)16-14(19)12-7-13(15(20)21)18-17-12/h4-7,10H,1-3H3,(H,16,19)(H,17,18)(H,20,21). The number of carbonyl (C=O) groups is 2. The van der Waals surface area contributed by atoms with Gasteiger partial charge in [0.15, 0.2) is 5.69 Å². The fourth-order valence-corrected chi connectivity index (χ4v) is 2.21. The van der Waals surface area contributed by atoms with E-state index in [1.54, 1.807) is 0 Å². The molecule has 21 heavy (non-hydrogen) atoms.